The fourth-order valence-corrected chi connectivity index (χ4v) is 3.90. The third-order valence-electron chi connectivity index (χ3n) is 4.59. The zero-order valence-electron chi connectivity index (χ0n) is 12.2. The topological polar surface area (TPSA) is 65.1 Å². The van der Waals surface area contributed by atoms with Crippen molar-refractivity contribution < 1.29 is 5.21 Å². The minimum atomic E-state index is 0.160. The molecule has 6 heteroatoms. The lowest BCUT2D eigenvalue weighted by atomic mass is 10.0. The van der Waals surface area contributed by atoms with Crippen LogP contribution in [0.5, 0.6) is 0 Å². The number of piperazine rings is 1. The fraction of sp³-hybridized carbons (Fsp3) is 0.533. The fourth-order valence-electron chi connectivity index (χ4n) is 3.54. The Morgan fingerprint density at radius 3 is 3.00 bits per heavy atom. The maximum atomic E-state index is 9.04. The molecule has 3 N–H and O–H groups in total. The van der Waals surface area contributed by atoms with E-state index in [-0.39, 0.29) is 5.84 Å². The summed E-state index contributed by atoms with van der Waals surface area (Å²) in [5.74, 6) is 0.160. The molecular formula is C15H21BrN4O. The summed E-state index contributed by atoms with van der Waals surface area (Å²) in [4.78, 5) is 4.98. The van der Waals surface area contributed by atoms with Gasteiger partial charge in [0.15, 0.2) is 5.84 Å². The largest absolute Gasteiger partial charge is 0.409 e. The summed E-state index contributed by atoms with van der Waals surface area (Å²) in [5.41, 5.74) is 7.70. The van der Waals surface area contributed by atoms with Gasteiger partial charge in [-0.15, -0.1) is 0 Å². The standard InChI is InChI=1S/C15H21BrN4O/c1-10-8-19-6-2-3-12(19)9-20(10)14-5-4-11(16)7-13(14)15(17)18-21/h4-5,7,10,12,21H,2-3,6,8-9H2,1H3,(H2,17,18). The van der Waals surface area contributed by atoms with Gasteiger partial charge in [-0.25, -0.2) is 0 Å². The van der Waals surface area contributed by atoms with Crippen molar-refractivity contribution >= 4 is 27.5 Å². The van der Waals surface area contributed by atoms with Crippen molar-refractivity contribution in [3.63, 3.8) is 0 Å². The zero-order chi connectivity index (χ0) is 15.0. The van der Waals surface area contributed by atoms with Crippen LogP contribution in [0.15, 0.2) is 27.8 Å². The molecule has 21 heavy (non-hydrogen) atoms. The monoisotopic (exact) mass is 352 g/mol. The minimum Gasteiger partial charge on any atom is -0.409 e. The SMILES string of the molecule is CC1CN2CCCC2CN1c1ccc(Br)cc1/C(N)=N/O. The van der Waals surface area contributed by atoms with Crippen LogP contribution in [0, 0.1) is 0 Å². The highest BCUT2D eigenvalue weighted by molar-refractivity contribution is 9.10. The maximum absolute atomic E-state index is 9.04. The predicted molar refractivity (Wildman–Crippen MR) is 88.1 cm³/mol. The number of nitrogens with zero attached hydrogens (tertiary/aromatic N) is 3. The van der Waals surface area contributed by atoms with Crippen LogP contribution in [0.1, 0.15) is 25.3 Å². The van der Waals surface area contributed by atoms with Gasteiger partial charge in [0.25, 0.3) is 0 Å². The van der Waals surface area contributed by atoms with E-state index in [9.17, 15) is 0 Å². The molecule has 0 saturated carbocycles. The molecule has 0 spiro atoms. The first-order valence-electron chi connectivity index (χ1n) is 7.38. The van der Waals surface area contributed by atoms with Crippen LogP contribution in [0.4, 0.5) is 5.69 Å². The van der Waals surface area contributed by atoms with E-state index in [0.717, 1.165) is 28.8 Å². The molecule has 3 rings (SSSR count). The molecule has 2 heterocycles. The highest BCUT2D eigenvalue weighted by Crippen LogP contribution is 2.32. The van der Waals surface area contributed by atoms with Crippen LogP contribution in [0.2, 0.25) is 0 Å². The molecule has 0 aliphatic carbocycles. The van der Waals surface area contributed by atoms with Crippen LogP contribution in [-0.2, 0) is 0 Å². The highest BCUT2D eigenvalue weighted by Gasteiger charge is 2.35. The second-order valence-electron chi connectivity index (χ2n) is 5.94. The first-order chi connectivity index (χ1) is 10.1. The van der Waals surface area contributed by atoms with Gasteiger partial charge in [-0.1, -0.05) is 21.1 Å². The van der Waals surface area contributed by atoms with Crippen LogP contribution in [0.25, 0.3) is 0 Å². The molecular weight excluding hydrogens is 332 g/mol. The number of halogens is 1. The van der Waals surface area contributed by atoms with Crippen molar-refractivity contribution in [2.75, 3.05) is 24.5 Å². The lowest BCUT2D eigenvalue weighted by Crippen LogP contribution is -2.55. The minimum absolute atomic E-state index is 0.160. The molecule has 5 nitrogen and oxygen atoms in total. The lowest BCUT2D eigenvalue weighted by Gasteiger charge is -2.44. The van der Waals surface area contributed by atoms with E-state index in [1.165, 1.54) is 19.4 Å². The van der Waals surface area contributed by atoms with E-state index < -0.39 is 0 Å². The Morgan fingerprint density at radius 1 is 1.43 bits per heavy atom. The Labute approximate surface area is 133 Å². The molecule has 2 aliphatic rings. The number of benzene rings is 1. The third kappa shape index (κ3) is 2.74. The van der Waals surface area contributed by atoms with Crippen LogP contribution in [-0.4, -0.2) is 47.7 Å². The van der Waals surface area contributed by atoms with E-state index in [1.807, 2.05) is 12.1 Å². The van der Waals surface area contributed by atoms with Gasteiger partial charge >= 0.3 is 0 Å². The smallest absolute Gasteiger partial charge is 0.172 e. The van der Waals surface area contributed by atoms with Crippen LogP contribution < -0.4 is 10.6 Å². The van der Waals surface area contributed by atoms with E-state index >= 15 is 0 Å². The zero-order valence-corrected chi connectivity index (χ0v) is 13.8. The molecule has 0 radical (unpaired) electrons. The molecule has 114 valence electrons. The van der Waals surface area contributed by atoms with Gasteiger partial charge in [0.1, 0.15) is 0 Å². The second kappa shape index (κ2) is 5.85. The molecule has 2 fully saturated rings. The number of amidine groups is 1. The summed E-state index contributed by atoms with van der Waals surface area (Å²) in [7, 11) is 0. The van der Waals surface area contributed by atoms with Gasteiger partial charge in [-0.3, -0.25) is 4.90 Å². The normalized spacial score (nSPS) is 27.0. The van der Waals surface area contributed by atoms with Crippen molar-refractivity contribution in [1.82, 2.24) is 4.90 Å². The van der Waals surface area contributed by atoms with Crippen molar-refractivity contribution in [1.29, 1.82) is 0 Å². The number of hydrogen-bond donors (Lipinski definition) is 2. The van der Waals surface area contributed by atoms with Crippen molar-refractivity contribution in [2.24, 2.45) is 10.9 Å². The summed E-state index contributed by atoms with van der Waals surface area (Å²) in [6, 6.07) is 7.03. The van der Waals surface area contributed by atoms with Crippen molar-refractivity contribution in [3.8, 4) is 0 Å². The second-order valence-corrected chi connectivity index (χ2v) is 6.85. The predicted octanol–water partition coefficient (Wildman–Crippen LogP) is 2.22. The van der Waals surface area contributed by atoms with Gasteiger partial charge < -0.3 is 15.8 Å². The van der Waals surface area contributed by atoms with Gasteiger partial charge in [0.2, 0.25) is 0 Å². The molecule has 1 aromatic carbocycles. The van der Waals surface area contributed by atoms with Gasteiger partial charge in [-0.05, 0) is 44.5 Å². The Hall–Kier alpha value is -1.27. The van der Waals surface area contributed by atoms with Crippen molar-refractivity contribution in [3.05, 3.63) is 28.2 Å². The first kappa shape index (κ1) is 14.7. The number of fused-ring (bicyclic) bond motifs is 1. The molecule has 2 saturated heterocycles. The summed E-state index contributed by atoms with van der Waals surface area (Å²) in [5, 5.41) is 12.2. The molecule has 1 aromatic rings. The first-order valence-corrected chi connectivity index (χ1v) is 8.17. The molecule has 0 amide bonds. The molecule has 2 unspecified atom stereocenters. The summed E-state index contributed by atoms with van der Waals surface area (Å²) in [6.07, 6.45) is 2.55. The molecule has 0 bridgehead atoms. The van der Waals surface area contributed by atoms with Crippen molar-refractivity contribution in [2.45, 2.75) is 31.8 Å². The van der Waals surface area contributed by atoms with E-state index in [2.05, 4.69) is 43.9 Å². The molecule has 2 atom stereocenters. The lowest BCUT2D eigenvalue weighted by molar-refractivity contribution is 0.203. The Kier molecular flexibility index (Phi) is 4.08. The maximum Gasteiger partial charge on any atom is 0.172 e. The Bertz CT molecular complexity index is 563. The number of hydrogen-bond acceptors (Lipinski definition) is 4. The molecule has 0 aromatic heterocycles. The van der Waals surface area contributed by atoms with Crippen LogP contribution in [0.3, 0.4) is 0 Å². The van der Waals surface area contributed by atoms with E-state index in [4.69, 9.17) is 10.9 Å². The highest BCUT2D eigenvalue weighted by atomic mass is 79.9. The number of anilines is 1. The quantitative estimate of drug-likeness (QED) is 0.370. The van der Waals surface area contributed by atoms with Crippen LogP contribution >= 0.6 is 15.9 Å². The van der Waals surface area contributed by atoms with Gasteiger partial charge in [0, 0.05) is 40.9 Å². The Morgan fingerprint density at radius 2 is 2.24 bits per heavy atom. The number of rotatable bonds is 2. The average molecular weight is 353 g/mol. The number of nitrogens with two attached hydrogens (primary N) is 1. The Balaban J connectivity index is 1.95. The average Bonchev–Trinajstić information content (AvgIpc) is 2.92. The van der Waals surface area contributed by atoms with E-state index in [1.54, 1.807) is 0 Å². The number of oxime groups is 1. The molecule has 2 aliphatic heterocycles. The van der Waals surface area contributed by atoms with Gasteiger partial charge in [-0.2, -0.15) is 0 Å². The van der Waals surface area contributed by atoms with Gasteiger partial charge in [0.05, 0.1) is 0 Å². The summed E-state index contributed by atoms with van der Waals surface area (Å²) < 4.78 is 0.931. The summed E-state index contributed by atoms with van der Waals surface area (Å²) >= 11 is 3.46. The third-order valence-corrected chi connectivity index (χ3v) is 5.08. The summed E-state index contributed by atoms with van der Waals surface area (Å²) in [6.45, 7) is 5.55. The van der Waals surface area contributed by atoms with E-state index in [0.29, 0.717) is 12.1 Å².